The Morgan fingerprint density at radius 3 is 2.45 bits per heavy atom. The average molecular weight is 312 g/mol. The average Bonchev–Trinajstić information content (AvgIpc) is 2.37. The molecule has 0 spiro atoms. The van der Waals surface area contributed by atoms with Crippen LogP contribution in [0, 0.1) is 0 Å². The molecule has 0 fully saturated rings. The first-order valence-electron chi connectivity index (χ1n) is 5.64. The third-order valence-corrected chi connectivity index (χ3v) is 3.02. The van der Waals surface area contributed by atoms with Gasteiger partial charge in [0.2, 0.25) is 0 Å². The van der Waals surface area contributed by atoms with Crippen LogP contribution in [0.4, 0.5) is 5.69 Å². The number of carbonyl (C=O) groups is 1. The van der Waals surface area contributed by atoms with Crippen LogP contribution in [0.25, 0.3) is 0 Å². The molecular weight excluding hydrogens is 301 g/mol. The standard InChI is InChI=1S/C14H11Cl2NO3/c1-20-12-4-2-3-11(13(12)18)14(19)17-10-6-8(15)5-9(16)7-10/h2-7,18H,1H3,(H,17,19). The lowest BCUT2D eigenvalue weighted by molar-refractivity contribution is 0.102. The van der Waals surface area contributed by atoms with E-state index in [4.69, 9.17) is 27.9 Å². The van der Waals surface area contributed by atoms with E-state index in [0.717, 1.165) is 0 Å². The maximum atomic E-state index is 12.1. The number of hydrogen-bond acceptors (Lipinski definition) is 3. The molecule has 2 aromatic rings. The summed E-state index contributed by atoms with van der Waals surface area (Å²) in [7, 11) is 1.41. The molecule has 1 amide bonds. The van der Waals surface area contributed by atoms with Crippen LogP contribution in [-0.4, -0.2) is 18.1 Å². The highest BCUT2D eigenvalue weighted by Gasteiger charge is 2.15. The minimum Gasteiger partial charge on any atom is -0.504 e. The van der Waals surface area contributed by atoms with Crippen LogP contribution in [0.5, 0.6) is 11.5 Å². The quantitative estimate of drug-likeness (QED) is 0.902. The SMILES string of the molecule is COc1cccc(C(=O)Nc2cc(Cl)cc(Cl)c2)c1O. The van der Waals surface area contributed by atoms with E-state index < -0.39 is 5.91 Å². The van der Waals surface area contributed by atoms with Crippen molar-refractivity contribution in [3.8, 4) is 11.5 Å². The van der Waals surface area contributed by atoms with Gasteiger partial charge < -0.3 is 15.2 Å². The predicted octanol–water partition coefficient (Wildman–Crippen LogP) is 3.96. The van der Waals surface area contributed by atoms with E-state index in [0.29, 0.717) is 15.7 Å². The van der Waals surface area contributed by atoms with E-state index in [2.05, 4.69) is 5.32 Å². The highest BCUT2D eigenvalue weighted by molar-refractivity contribution is 6.35. The van der Waals surface area contributed by atoms with Crippen LogP contribution in [-0.2, 0) is 0 Å². The molecule has 0 aliphatic carbocycles. The number of anilines is 1. The molecule has 0 aromatic heterocycles. The molecule has 0 heterocycles. The smallest absolute Gasteiger partial charge is 0.259 e. The third-order valence-electron chi connectivity index (χ3n) is 2.58. The van der Waals surface area contributed by atoms with Crippen LogP contribution >= 0.6 is 23.2 Å². The molecule has 20 heavy (non-hydrogen) atoms. The number of methoxy groups -OCH3 is 1. The van der Waals surface area contributed by atoms with Crippen LogP contribution in [0.15, 0.2) is 36.4 Å². The third kappa shape index (κ3) is 3.15. The monoisotopic (exact) mass is 311 g/mol. The molecular formula is C14H11Cl2NO3. The maximum absolute atomic E-state index is 12.1. The van der Waals surface area contributed by atoms with Gasteiger partial charge in [-0.15, -0.1) is 0 Å². The Morgan fingerprint density at radius 2 is 1.85 bits per heavy atom. The van der Waals surface area contributed by atoms with Gasteiger partial charge in [0.15, 0.2) is 11.5 Å². The van der Waals surface area contributed by atoms with Gasteiger partial charge in [0.25, 0.3) is 5.91 Å². The second kappa shape index (κ2) is 6.03. The van der Waals surface area contributed by atoms with Crippen molar-refractivity contribution in [3.05, 3.63) is 52.0 Å². The van der Waals surface area contributed by atoms with E-state index in [9.17, 15) is 9.90 Å². The Bertz CT molecular complexity index is 639. The molecule has 2 N–H and O–H groups in total. The lowest BCUT2D eigenvalue weighted by Gasteiger charge is -2.10. The van der Waals surface area contributed by atoms with E-state index in [1.54, 1.807) is 30.3 Å². The van der Waals surface area contributed by atoms with Gasteiger partial charge in [-0.3, -0.25) is 4.79 Å². The van der Waals surface area contributed by atoms with Gasteiger partial charge in [-0.05, 0) is 30.3 Å². The zero-order valence-electron chi connectivity index (χ0n) is 10.5. The molecule has 0 bridgehead atoms. The fourth-order valence-electron chi connectivity index (χ4n) is 1.69. The molecule has 0 saturated carbocycles. The highest BCUT2D eigenvalue weighted by Crippen LogP contribution is 2.30. The summed E-state index contributed by atoms with van der Waals surface area (Å²) in [5.41, 5.74) is 0.537. The zero-order chi connectivity index (χ0) is 14.7. The van der Waals surface area contributed by atoms with Crippen molar-refractivity contribution in [2.24, 2.45) is 0 Å². The molecule has 0 unspecified atom stereocenters. The summed E-state index contributed by atoms with van der Waals surface area (Å²) in [5.74, 6) is -0.484. The van der Waals surface area contributed by atoms with Gasteiger partial charge in [-0.1, -0.05) is 29.3 Å². The van der Waals surface area contributed by atoms with Crippen molar-refractivity contribution >= 4 is 34.8 Å². The van der Waals surface area contributed by atoms with Crippen molar-refractivity contribution in [2.45, 2.75) is 0 Å². The van der Waals surface area contributed by atoms with Gasteiger partial charge in [-0.25, -0.2) is 0 Å². The lowest BCUT2D eigenvalue weighted by atomic mass is 10.1. The number of para-hydroxylation sites is 1. The number of halogens is 2. The molecule has 0 aliphatic heterocycles. The summed E-state index contributed by atoms with van der Waals surface area (Å²) in [6.07, 6.45) is 0. The van der Waals surface area contributed by atoms with Crippen LogP contribution in [0.3, 0.4) is 0 Å². The molecule has 6 heteroatoms. The van der Waals surface area contributed by atoms with E-state index >= 15 is 0 Å². The van der Waals surface area contributed by atoms with Crippen molar-refractivity contribution in [3.63, 3.8) is 0 Å². The first kappa shape index (κ1) is 14.5. The molecule has 2 rings (SSSR count). The summed E-state index contributed by atoms with van der Waals surface area (Å²) in [4.78, 5) is 12.1. The van der Waals surface area contributed by atoms with E-state index in [1.165, 1.54) is 13.2 Å². The largest absolute Gasteiger partial charge is 0.504 e. The number of phenolic OH excluding ortho intramolecular Hbond substituents is 1. The molecule has 4 nitrogen and oxygen atoms in total. The van der Waals surface area contributed by atoms with Gasteiger partial charge in [0, 0.05) is 15.7 Å². The first-order valence-corrected chi connectivity index (χ1v) is 6.40. The lowest BCUT2D eigenvalue weighted by Crippen LogP contribution is -2.12. The molecule has 0 saturated heterocycles. The first-order chi connectivity index (χ1) is 9.51. The van der Waals surface area contributed by atoms with Gasteiger partial charge in [0.1, 0.15) is 0 Å². The summed E-state index contributed by atoms with van der Waals surface area (Å²) in [6.45, 7) is 0. The number of hydrogen-bond donors (Lipinski definition) is 2. The fraction of sp³-hybridized carbons (Fsp3) is 0.0714. The Balaban J connectivity index is 2.28. The number of amides is 1. The van der Waals surface area contributed by atoms with Gasteiger partial charge in [-0.2, -0.15) is 0 Å². The Hall–Kier alpha value is -1.91. The number of carbonyl (C=O) groups excluding carboxylic acids is 1. The highest BCUT2D eigenvalue weighted by atomic mass is 35.5. The summed E-state index contributed by atoms with van der Waals surface area (Å²) >= 11 is 11.7. The van der Waals surface area contributed by atoms with Gasteiger partial charge in [0.05, 0.1) is 12.7 Å². The Kier molecular flexibility index (Phi) is 4.37. The minimum atomic E-state index is -0.486. The van der Waals surface area contributed by atoms with Crippen molar-refractivity contribution in [1.82, 2.24) is 0 Å². The topological polar surface area (TPSA) is 58.6 Å². The van der Waals surface area contributed by atoms with Crippen molar-refractivity contribution in [1.29, 1.82) is 0 Å². The second-order valence-corrected chi connectivity index (χ2v) is 4.84. The van der Waals surface area contributed by atoms with Gasteiger partial charge >= 0.3 is 0 Å². The number of benzene rings is 2. The summed E-state index contributed by atoms with van der Waals surface area (Å²) < 4.78 is 4.95. The Labute approximate surface area is 125 Å². The molecule has 0 radical (unpaired) electrons. The van der Waals surface area contributed by atoms with Crippen LogP contribution < -0.4 is 10.1 Å². The Morgan fingerprint density at radius 1 is 1.20 bits per heavy atom. The van der Waals surface area contributed by atoms with Crippen LogP contribution in [0.2, 0.25) is 10.0 Å². The number of ether oxygens (including phenoxy) is 1. The zero-order valence-corrected chi connectivity index (χ0v) is 12.0. The van der Waals surface area contributed by atoms with Crippen molar-refractivity contribution < 1.29 is 14.6 Å². The van der Waals surface area contributed by atoms with Crippen LogP contribution in [0.1, 0.15) is 10.4 Å². The van der Waals surface area contributed by atoms with E-state index in [-0.39, 0.29) is 17.1 Å². The molecule has 0 aliphatic rings. The van der Waals surface area contributed by atoms with E-state index in [1.807, 2.05) is 0 Å². The maximum Gasteiger partial charge on any atom is 0.259 e. The molecule has 0 atom stereocenters. The predicted molar refractivity (Wildman–Crippen MR) is 79.1 cm³/mol. The summed E-state index contributed by atoms with van der Waals surface area (Å²) in [5, 5.41) is 13.3. The number of nitrogens with one attached hydrogen (secondary N) is 1. The minimum absolute atomic E-state index is 0.0976. The second-order valence-electron chi connectivity index (χ2n) is 3.97. The molecule has 2 aromatic carbocycles. The molecule has 104 valence electrons. The normalized spacial score (nSPS) is 10.2. The van der Waals surface area contributed by atoms with Crippen molar-refractivity contribution in [2.75, 3.05) is 12.4 Å². The number of phenols is 1. The number of rotatable bonds is 3. The number of aromatic hydroxyl groups is 1. The fourth-order valence-corrected chi connectivity index (χ4v) is 2.22. The summed E-state index contributed by atoms with van der Waals surface area (Å²) in [6, 6.07) is 9.33.